The van der Waals surface area contributed by atoms with Crippen molar-refractivity contribution < 1.29 is 9.66 Å². The number of nitro benzene ring substituents is 1. The van der Waals surface area contributed by atoms with Crippen molar-refractivity contribution in [2.45, 2.75) is 25.5 Å². The van der Waals surface area contributed by atoms with Crippen LogP contribution in [-0.4, -0.2) is 21.3 Å². The molecule has 0 amide bonds. The zero-order chi connectivity index (χ0) is 13.4. The van der Waals surface area contributed by atoms with E-state index in [9.17, 15) is 10.1 Å². The number of hydrogen-bond donors (Lipinski definition) is 0. The van der Waals surface area contributed by atoms with E-state index in [1.54, 1.807) is 16.8 Å². The third-order valence-corrected chi connectivity index (χ3v) is 3.87. The number of hydrogen-bond acceptors (Lipinski definition) is 4. The van der Waals surface area contributed by atoms with Crippen LogP contribution in [0.1, 0.15) is 25.5 Å². The quantitative estimate of drug-likeness (QED) is 0.626. The summed E-state index contributed by atoms with van der Waals surface area (Å²) in [4.78, 5) is 10.5. The second-order valence-corrected chi connectivity index (χ2v) is 5.27. The van der Waals surface area contributed by atoms with Crippen molar-refractivity contribution in [3.63, 3.8) is 0 Å². The number of benzene rings is 1. The number of rotatable bonds is 2. The molecular formula is C12H12BrN3O3. The first-order chi connectivity index (χ1) is 9.16. The second kappa shape index (κ2) is 4.90. The van der Waals surface area contributed by atoms with E-state index in [2.05, 4.69) is 21.0 Å². The lowest BCUT2D eigenvalue weighted by Crippen LogP contribution is -2.19. The van der Waals surface area contributed by atoms with Gasteiger partial charge in [-0.25, -0.2) is 4.68 Å². The number of non-ortho nitro benzene ring substituents is 1. The first-order valence-corrected chi connectivity index (χ1v) is 6.90. The molecule has 0 N–H and O–H groups in total. The summed E-state index contributed by atoms with van der Waals surface area (Å²) >= 11 is 3.39. The van der Waals surface area contributed by atoms with Gasteiger partial charge in [0.1, 0.15) is 4.60 Å². The zero-order valence-corrected chi connectivity index (χ0v) is 11.7. The number of aromatic nitrogens is 2. The molecule has 1 aromatic heterocycles. The van der Waals surface area contributed by atoms with Crippen LogP contribution in [0.3, 0.4) is 0 Å². The van der Waals surface area contributed by atoms with Crippen LogP contribution in [0.4, 0.5) is 5.69 Å². The minimum atomic E-state index is -0.396. The summed E-state index contributed by atoms with van der Waals surface area (Å²) in [6, 6.07) is 4.75. The summed E-state index contributed by atoms with van der Waals surface area (Å²) in [6.45, 7) is 0.707. The SMILES string of the molecule is O=[N+]([O-])c1ccc2c(Br)nn(C3CCCCO3)c2c1. The van der Waals surface area contributed by atoms with Crippen molar-refractivity contribution in [3.05, 3.63) is 32.9 Å². The molecule has 1 fully saturated rings. The van der Waals surface area contributed by atoms with Gasteiger partial charge >= 0.3 is 0 Å². The van der Waals surface area contributed by atoms with Gasteiger partial charge in [-0.15, -0.1) is 0 Å². The van der Waals surface area contributed by atoms with Crippen LogP contribution >= 0.6 is 15.9 Å². The van der Waals surface area contributed by atoms with E-state index in [-0.39, 0.29) is 11.9 Å². The molecule has 0 spiro atoms. The number of halogens is 1. The third-order valence-electron chi connectivity index (χ3n) is 3.29. The second-order valence-electron chi connectivity index (χ2n) is 4.52. The summed E-state index contributed by atoms with van der Waals surface area (Å²) in [5, 5.41) is 16.1. The largest absolute Gasteiger partial charge is 0.356 e. The molecule has 19 heavy (non-hydrogen) atoms. The lowest BCUT2D eigenvalue weighted by atomic mass is 10.2. The van der Waals surface area contributed by atoms with Crippen LogP contribution in [0.2, 0.25) is 0 Å². The maximum Gasteiger partial charge on any atom is 0.271 e. The lowest BCUT2D eigenvalue weighted by molar-refractivity contribution is -0.384. The van der Waals surface area contributed by atoms with Crippen molar-refractivity contribution in [1.29, 1.82) is 0 Å². The molecule has 2 aromatic rings. The van der Waals surface area contributed by atoms with E-state index in [4.69, 9.17) is 4.74 Å². The predicted octanol–water partition coefficient (Wildman–Crippen LogP) is 3.41. The molecule has 0 bridgehead atoms. The third kappa shape index (κ3) is 2.23. The van der Waals surface area contributed by atoms with Gasteiger partial charge in [0.15, 0.2) is 6.23 Å². The molecule has 1 unspecified atom stereocenters. The van der Waals surface area contributed by atoms with E-state index in [0.29, 0.717) is 11.2 Å². The van der Waals surface area contributed by atoms with Gasteiger partial charge in [-0.3, -0.25) is 10.1 Å². The molecular weight excluding hydrogens is 314 g/mol. The monoisotopic (exact) mass is 325 g/mol. The topological polar surface area (TPSA) is 70.2 Å². The minimum absolute atomic E-state index is 0.0666. The summed E-state index contributed by atoms with van der Waals surface area (Å²) in [5.41, 5.74) is 0.796. The maximum absolute atomic E-state index is 10.9. The smallest absolute Gasteiger partial charge is 0.271 e. The van der Waals surface area contributed by atoms with Gasteiger partial charge in [0, 0.05) is 24.1 Å². The molecule has 2 heterocycles. The Morgan fingerprint density at radius 1 is 1.47 bits per heavy atom. The van der Waals surface area contributed by atoms with E-state index in [1.165, 1.54) is 6.07 Å². The van der Waals surface area contributed by atoms with E-state index >= 15 is 0 Å². The molecule has 0 aliphatic carbocycles. The Balaban J connectivity index is 2.12. The van der Waals surface area contributed by atoms with Crippen molar-refractivity contribution in [3.8, 4) is 0 Å². The molecule has 1 saturated heterocycles. The van der Waals surface area contributed by atoms with Gasteiger partial charge in [0.05, 0.1) is 10.4 Å². The van der Waals surface area contributed by atoms with E-state index in [1.807, 2.05) is 0 Å². The fourth-order valence-electron chi connectivity index (χ4n) is 2.34. The van der Waals surface area contributed by atoms with Crippen LogP contribution in [0.15, 0.2) is 22.8 Å². The molecule has 7 heteroatoms. The number of nitrogens with zero attached hydrogens (tertiary/aromatic N) is 3. The molecule has 0 saturated carbocycles. The summed E-state index contributed by atoms with van der Waals surface area (Å²) in [6.07, 6.45) is 2.88. The molecule has 1 atom stereocenters. The Labute approximate surface area is 117 Å². The average Bonchev–Trinajstić information content (AvgIpc) is 2.77. The molecule has 3 rings (SSSR count). The maximum atomic E-state index is 10.9. The van der Waals surface area contributed by atoms with Crippen molar-refractivity contribution >= 4 is 32.5 Å². The molecule has 1 aliphatic rings. The number of ether oxygens (including phenoxy) is 1. The fourth-order valence-corrected chi connectivity index (χ4v) is 2.84. The molecule has 0 radical (unpaired) electrons. The van der Waals surface area contributed by atoms with Crippen LogP contribution in [0.5, 0.6) is 0 Å². The first-order valence-electron chi connectivity index (χ1n) is 6.10. The normalized spacial score (nSPS) is 19.7. The van der Waals surface area contributed by atoms with E-state index in [0.717, 1.165) is 30.2 Å². The first kappa shape index (κ1) is 12.6. The molecule has 1 aliphatic heterocycles. The molecule has 1 aromatic carbocycles. The van der Waals surface area contributed by atoms with E-state index < -0.39 is 4.92 Å². The standard InChI is InChI=1S/C12H12BrN3O3/c13-12-9-5-4-8(16(17)18)7-10(9)15(14-12)11-3-1-2-6-19-11/h4-5,7,11H,1-3,6H2. The van der Waals surface area contributed by atoms with Crippen molar-refractivity contribution in [2.24, 2.45) is 0 Å². The summed E-state index contributed by atoms with van der Waals surface area (Å²) in [5.74, 6) is 0. The lowest BCUT2D eigenvalue weighted by Gasteiger charge is -2.23. The van der Waals surface area contributed by atoms with Gasteiger partial charge in [0.25, 0.3) is 5.69 Å². The van der Waals surface area contributed by atoms with Crippen LogP contribution in [0.25, 0.3) is 10.9 Å². The minimum Gasteiger partial charge on any atom is -0.356 e. The zero-order valence-electron chi connectivity index (χ0n) is 10.1. The van der Waals surface area contributed by atoms with Gasteiger partial charge in [0.2, 0.25) is 0 Å². The van der Waals surface area contributed by atoms with Crippen molar-refractivity contribution in [2.75, 3.05) is 6.61 Å². The predicted molar refractivity (Wildman–Crippen MR) is 72.9 cm³/mol. The fraction of sp³-hybridized carbons (Fsp3) is 0.417. The molecule has 100 valence electrons. The highest BCUT2D eigenvalue weighted by atomic mass is 79.9. The van der Waals surface area contributed by atoms with Crippen molar-refractivity contribution in [1.82, 2.24) is 9.78 Å². The Kier molecular flexibility index (Phi) is 3.24. The van der Waals surface area contributed by atoms with Gasteiger partial charge in [-0.05, 0) is 41.3 Å². The Morgan fingerprint density at radius 3 is 3.00 bits per heavy atom. The highest BCUT2D eigenvalue weighted by molar-refractivity contribution is 9.10. The van der Waals surface area contributed by atoms with Gasteiger partial charge in [-0.2, -0.15) is 5.10 Å². The summed E-state index contributed by atoms with van der Waals surface area (Å²) in [7, 11) is 0. The number of nitro groups is 1. The van der Waals surface area contributed by atoms with Gasteiger partial charge < -0.3 is 4.74 Å². The van der Waals surface area contributed by atoms with Crippen LogP contribution < -0.4 is 0 Å². The molecule has 6 nitrogen and oxygen atoms in total. The average molecular weight is 326 g/mol. The Bertz CT molecular complexity index is 634. The van der Waals surface area contributed by atoms with Crippen LogP contribution in [-0.2, 0) is 4.74 Å². The summed E-state index contributed by atoms with van der Waals surface area (Å²) < 4.78 is 8.12. The van der Waals surface area contributed by atoms with Gasteiger partial charge in [-0.1, -0.05) is 0 Å². The highest BCUT2D eigenvalue weighted by Crippen LogP contribution is 2.32. The Hall–Kier alpha value is -1.47. The highest BCUT2D eigenvalue weighted by Gasteiger charge is 2.21. The number of fused-ring (bicyclic) bond motifs is 1. The Morgan fingerprint density at radius 2 is 2.32 bits per heavy atom. The van der Waals surface area contributed by atoms with Crippen LogP contribution in [0, 0.1) is 10.1 Å².